The van der Waals surface area contributed by atoms with E-state index in [1.165, 1.54) is 28.0 Å². The number of hydrogen-bond donors (Lipinski definition) is 2. The first kappa shape index (κ1) is 14.1. The van der Waals surface area contributed by atoms with Crippen LogP contribution in [0.2, 0.25) is 4.34 Å². The highest BCUT2D eigenvalue weighted by molar-refractivity contribution is 7.99. The number of carbonyl (C=O) groups excluding carboxylic acids is 1. The summed E-state index contributed by atoms with van der Waals surface area (Å²) >= 11 is 8.84. The van der Waals surface area contributed by atoms with Gasteiger partial charge in [0.05, 0.1) is 22.3 Å². The van der Waals surface area contributed by atoms with Gasteiger partial charge in [0.2, 0.25) is 5.91 Å². The maximum atomic E-state index is 11.8. The van der Waals surface area contributed by atoms with Crippen molar-refractivity contribution < 1.29 is 15.0 Å². The molecule has 18 heavy (non-hydrogen) atoms. The molecule has 2 rings (SSSR count). The van der Waals surface area contributed by atoms with Gasteiger partial charge >= 0.3 is 0 Å². The van der Waals surface area contributed by atoms with Gasteiger partial charge in [-0.1, -0.05) is 11.6 Å². The number of carbonyl (C=O) groups is 1. The van der Waals surface area contributed by atoms with E-state index in [-0.39, 0.29) is 19.0 Å². The molecule has 100 valence electrons. The molecular weight excluding hydrogens is 294 g/mol. The third-order valence-corrected chi connectivity index (χ3v) is 5.09. The van der Waals surface area contributed by atoms with Crippen molar-refractivity contribution in [3.05, 3.63) is 21.3 Å². The van der Waals surface area contributed by atoms with E-state index in [0.29, 0.717) is 5.75 Å². The van der Waals surface area contributed by atoms with Crippen LogP contribution in [0, 0.1) is 0 Å². The molecule has 2 unspecified atom stereocenters. The molecule has 0 aromatic carbocycles. The van der Waals surface area contributed by atoms with E-state index in [0.717, 1.165) is 15.0 Å². The third-order valence-electron chi connectivity index (χ3n) is 2.71. The lowest BCUT2D eigenvalue weighted by molar-refractivity contribution is -0.127. The summed E-state index contributed by atoms with van der Waals surface area (Å²) in [4.78, 5) is 14.4. The van der Waals surface area contributed by atoms with E-state index in [4.69, 9.17) is 11.6 Å². The van der Waals surface area contributed by atoms with Crippen LogP contribution in [0.1, 0.15) is 4.88 Å². The fourth-order valence-electron chi connectivity index (χ4n) is 1.73. The summed E-state index contributed by atoms with van der Waals surface area (Å²) in [5.74, 6) is 1.06. The molecule has 2 heterocycles. The minimum Gasteiger partial charge on any atom is -0.388 e. The average Bonchev–Trinajstić information content (AvgIpc) is 2.87. The van der Waals surface area contributed by atoms with E-state index in [1.54, 1.807) is 0 Å². The first-order valence-electron chi connectivity index (χ1n) is 5.52. The van der Waals surface area contributed by atoms with Crippen LogP contribution in [0.4, 0.5) is 0 Å². The van der Waals surface area contributed by atoms with Gasteiger partial charge < -0.3 is 15.1 Å². The Hall–Kier alpha value is -0.270. The Balaban J connectivity index is 1.72. The second-order valence-corrected chi connectivity index (χ2v) is 6.92. The number of aliphatic hydroxyl groups excluding tert-OH is 2. The van der Waals surface area contributed by atoms with Crippen molar-refractivity contribution in [3.8, 4) is 0 Å². The average molecular weight is 308 g/mol. The van der Waals surface area contributed by atoms with Crippen LogP contribution in [0.3, 0.4) is 0 Å². The summed E-state index contributed by atoms with van der Waals surface area (Å²) in [6.45, 7) is 0.455. The Labute approximate surface area is 119 Å². The van der Waals surface area contributed by atoms with Crippen molar-refractivity contribution in [2.45, 2.75) is 18.0 Å². The van der Waals surface area contributed by atoms with E-state index < -0.39 is 12.2 Å². The van der Waals surface area contributed by atoms with E-state index in [1.807, 2.05) is 12.1 Å². The molecule has 2 N–H and O–H groups in total. The van der Waals surface area contributed by atoms with Crippen LogP contribution < -0.4 is 0 Å². The molecule has 7 heteroatoms. The van der Waals surface area contributed by atoms with Gasteiger partial charge in [0.15, 0.2) is 0 Å². The topological polar surface area (TPSA) is 60.8 Å². The predicted octanol–water partition coefficient (Wildman–Crippen LogP) is 1.20. The Morgan fingerprint density at radius 1 is 1.44 bits per heavy atom. The maximum Gasteiger partial charge on any atom is 0.232 e. The van der Waals surface area contributed by atoms with Gasteiger partial charge in [-0.25, -0.2) is 0 Å². The van der Waals surface area contributed by atoms with Crippen molar-refractivity contribution >= 4 is 40.6 Å². The van der Waals surface area contributed by atoms with Crippen LogP contribution in [-0.4, -0.2) is 52.1 Å². The molecule has 1 aliphatic rings. The zero-order chi connectivity index (χ0) is 13.1. The summed E-state index contributed by atoms with van der Waals surface area (Å²) in [6.07, 6.45) is -1.62. The third kappa shape index (κ3) is 3.61. The second kappa shape index (κ2) is 6.25. The molecule has 1 amide bonds. The highest BCUT2D eigenvalue weighted by atomic mass is 35.5. The number of amides is 1. The number of β-amino-alcohol motifs (C(OH)–C–C–N with tert-alkyl or cyclic N) is 2. The first-order valence-corrected chi connectivity index (χ1v) is 7.87. The second-order valence-electron chi connectivity index (χ2n) is 4.13. The largest absolute Gasteiger partial charge is 0.388 e. The monoisotopic (exact) mass is 307 g/mol. The zero-order valence-corrected chi connectivity index (χ0v) is 12.0. The maximum absolute atomic E-state index is 11.8. The minimum atomic E-state index is -0.810. The fraction of sp³-hybridized carbons (Fsp3) is 0.545. The molecule has 2 atom stereocenters. The summed E-state index contributed by atoms with van der Waals surface area (Å²) in [6, 6.07) is 3.80. The Kier molecular flexibility index (Phi) is 4.91. The highest BCUT2D eigenvalue weighted by Gasteiger charge is 2.32. The lowest BCUT2D eigenvalue weighted by atomic mass is 10.3. The normalized spacial score (nSPS) is 23.6. The minimum absolute atomic E-state index is 0.0433. The van der Waals surface area contributed by atoms with Gasteiger partial charge in [-0.3, -0.25) is 4.79 Å². The van der Waals surface area contributed by atoms with Gasteiger partial charge in [-0.2, -0.15) is 0 Å². The van der Waals surface area contributed by atoms with Crippen LogP contribution in [0.25, 0.3) is 0 Å². The fourth-order valence-corrected chi connectivity index (χ4v) is 3.86. The molecule has 0 radical (unpaired) electrons. The van der Waals surface area contributed by atoms with Crippen LogP contribution in [0.15, 0.2) is 12.1 Å². The molecule has 4 nitrogen and oxygen atoms in total. The Morgan fingerprint density at radius 3 is 2.67 bits per heavy atom. The summed E-state index contributed by atoms with van der Waals surface area (Å²) in [7, 11) is 0. The first-order chi connectivity index (χ1) is 8.56. The molecule has 0 bridgehead atoms. The van der Waals surface area contributed by atoms with E-state index in [9.17, 15) is 15.0 Å². The Morgan fingerprint density at radius 2 is 2.11 bits per heavy atom. The van der Waals surface area contributed by atoms with Crippen molar-refractivity contribution in [1.29, 1.82) is 0 Å². The van der Waals surface area contributed by atoms with E-state index in [2.05, 4.69) is 0 Å². The SMILES string of the molecule is O=C(CSCc1ccc(Cl)s1)N1CC(O)C(O)C1. The standard InChI is InChI=1S/C11H14ClNO3S2/c12-10-2-1-7(18-10)5-17-6-11(16)13-3-8(14)9(15)4-13/h1-2,8-9,14-15H,3-6H2. The van der Waals surface area contributed by atoms with Crippen molar-refractivity contribution in [2.24, 2.45) is 0 Å². The summed E-state index contributed by atoms with van der Waals surface area (Å²) in [5.41, 5.74) is 0. The molecular formula is C11H14ClNO3S2. The van der Waals surface area contributed by atoms with Crippen LogP contribution in [0.5, 0.6) is 0 Å². The molecule has 1 saturated heterocycles. The molecule has 0 aliphatic carbocycles. The number of halogens is 1. The molecule has 1 aliphatic heterocycles. The molecule has 0 spiro atoms. The zero-order valence-electron chi connectivity index (χ0n) is 9.58. The predicted molar refractivity (Wildman–Crippen MR) is 74.1 cm³/mol. The Bertz CT molecular complexity index is 416. The van der Waals surface area contributed by atoms with Gasteiger partial charge in [0.1, 0.15) is 0 Å². The van der Waals surface area contributed by atoms with Crippen LogP contribution >= 0.6 is 34.7 Å². The molecule has 1 fully saturated rings. The van der Waals surface area contributed by atoms with E-state index >= 15 is 0 Å². The summed E-state index contributed by atoms with van der Waals surface area (Å²) in [5, 5.41) is 18.7. The van der Waals surface area contributed by atoms with Gasteiger partial charge in [0.25, 0.3) is 0 Å². The smallest absolute Gasteiger partial charge is 0.232 e. The van der Waals surface area contributed by atoms with Crippen molar-refractivity contribution in [2.75, 3.05) is 18.8 Å². The molecule has 1 aromatic heterocycles. The van der Waals surface area contributed by atoms with Crippen LogP contribution in [-0.2, 0) is 10.5 Å². The highest BCUT2D eigenvalue weighted by Crippen LogP contribution is 2.25. The quantitative estimate of drug-likeness (QED) is 0.877. The lowest BCUT2D eigenvalue weighted by Crippen LogP contribution is -2.31. The summed E-state index contributed by atoms with van der Waals surface area (Å²) < 4.78 is 0.753. The van der Waals surface area contributed by atoms with Gasteiger partial charge in [-0.05, 0) is 12.1 Å². The molecule has 0 saturated carbocycles. The number of thioether (sulfide) groups is 1. The van der Waals surface area contributed by atoms with Gasteiger partial charge in [0, 0.05) is 23.7 Å². The number of hydrogen-bond acceptors (Lipinski definition) is 5. The number of thiophene rings is 1. The van der Waals surface area contributed by atoms with Crippen molar-refractivity contribution in [3.63, 3.8) is 0 Å². The number of nitrogens with zero attached hydrogens (tertiary/aromatic N) is 1. The number of aliphatic hydroxyl groups is 2. The van der Waals surface area contributed by atoms with Crippen molar-refractivity contribution in [1.82, 2.24) is 4.90 Å². The number of likely N-dealkylation sites (tertiary alicyclic amines) is 1. The number of rotatable bonds is 4. The van der Waals surface area contributed by atoms with Gasteiger partial charge in [-0.15, -0.1) is 23.1 Å². The lowest BCUT2D eigenvalue weighted by Gasteiger charge is -2.14. The molecule has 1 aromatic rings.